The van der Waals surface area contributed by atoms with Gasteiger partial charge in [0.25, 0.3) is 0 Å². The molecule has 0 aliphatic carbocycles. The van der Waals surface area contributed by atoms with Crippen molar-refractivity contribution in [1.82, 2.24) is 24.4 Å². The second kappa shape index (κ2) is 8.02. The van der Waals surface area contributed by atoms with Crippen LogP contribution in [0.3, 0.4) is 0 Å². The van der Waals surface area contributed by atoms with Gasteiger partial charge in [-0.1, -0.05) is 12.1 Å². The van der Waals surface area contributed by atoms with Gasteiger partial charge in [0.1, 0.15) is 11.8 Å². The van der Waals surface area contributed by atoms with Crippen molar-refractivity contribution in [2.75, 3.05) is 19.4 Å². The quantitative estimate of drug-likeness (QED) is 0.683. The highest BCUT2D eigenvalue weighted by Crippen LogP contribution is 2.28. The number of nitrogens with two attached hydrogens (primary N) is 1. The lowest BCUT2D eigenvalue weighted by molar-refractivity contribution is -0.132. The summed E-state index contributed by atoms with van der Waals surface area (Å²) in [5.74, 6) is 0.263. The van der Waals surface area contributed by atoms with E-state index in [2.05, 4.69) is 15.0 Å². The van der Waals surface area contributed by atoms with Gasteiger partial charge < -0.3 is 19.9 Å². The maximum Gasteiger partial charge on any atom is 0.224 e. The number of nitrogen functional groups attached to an aromatic ring is 1. The van der Waals surface area contributed by atoms with Gasteiger partial charge in [-0.15, -0.1) is 0 Å². The fourth-order valence-electron chi connectivity index (χ4n) is 4.00. The first kappa shape index (κ1) is 19.1. The Hall–Kier alpha value is -3.23. The SMILES string of the molecule is COc1c(F)cccc1CC1CCCN1C(=O)CCn1cnc2c(N)ncnc21. The van der Waals surface area contributed by atoms with Crippen LogP contribution in [0, 0.1) is 5.82 Å². The molecule has 3 aromatic rings. The molecule has 4 rings (SSSR count). The molecule has 0 bridgehead atoms. The molecule has 0 saturated carbocycles. The number of hydrogen-bond donors (Lipinski definition) is 1. The lowest BCUT2D eigenvalue weighted by atomic mass is 10.0. The summed E-state index contributed by atoms with van der Waals surface area (Å²) in [6, 6.07) is 4.94. The first-order valence-electron chi connectivity index (χ1n) is 9.60. The number of carbonyl (C=O) groups excluding carboxylic acids is 1. The van der Waals surface area contributed by atoms with Gasteiger partial charge in [0, 0.05) is 25.6 Å². The fourth-order valence-corrected chi connectivity index (χ4v) is 4.00. The van der Waals surface area contributed by atoms with Crippen LogP contribution in [0.5, 0.6) is 5.75 Å². The van der Waals surface area contributed by atoms with Crippen molar-refractivity contribution in [1.29, 1.82) is 0 Å². The summed E-state index contributed by atoms with van der Waals surface area (Å²) in [5, 5.41) is 0. The highest BCUT2D eigenvalue weighted by Gasteiger charge is 2.29. The number of rotatable bonds is 6. The van der Waals surface area contributed by atoms with E-state index in [0.29, 0.717) is 42.9 Å². The van der Waals surface area contributed by atoms with Crippen LogP contribution in [0.15, 0.2) is 30.9 Å². The number of para-hydroxylation sites is 1. The summed E-state index contributed by atoms with van der Waals surface area (Å²) in [6.07, 6.45) is 5.74. The van der Waals surface area contributed by atoms with Crippen LogP contribution in [0.2, 0.25) is 0 Å². The molecule has 9 heteroatoms. The number of aromatic nitrogens is 4. The van der Waals surface area contributed by atoms with E-state index < -0.39 is 0 Å². The van der Waals surface area contributed by atoms with E-state index in [1.807, 2.05) is 15.5 Å². The predicted octanol–water partition coefficient (Wildman–Crippen LogP) is 2.18. The smallest absolute Gasteiger partial charge is 0.224 e. The standard InChI is InChI=1S/C20H23FN6O2/c1-29-18-13(4-2-6-15(18)21)10-14-5-3-8-27(14)16(28)7-9-26-12-25-17-19(22)23-11-24-20(17)26/h2,4,6,11-12,14H,3,5,7-10H2,1H3,(H2,22,23,24). The molecule has 1 unspecified atom stereocenters. The topological polar surface area (TPSA) is 99.2 Å². The molecule has 1 aliphatic heterocycles. The third-order valence-electron chi connectivity index (χ3n) is 5.40. The zero-order valence-corrected chi connectivity index (χ0v) is 16.2. The van der Waals surface area contributed by atoms with E-state index in [1.165, 1.54) is 19.5 Å². The molecule has 1 aromatic carbocycles. The Morgan fingerprint density at radius 1 is 1.34 bits per heavy atom. The van der Waals surface area contributed by atoms with Gasteiger partial charge in [-0.25, -0.2) is 19.3 Å². The fraction of sp³-hybridized carbons (Fsp3) is 0.400. The van der Waals surface area contributed by atoms with Crippen molar-refractivity contribution in [3.63, 3.8) is 0 Å². The highest BCUT2D eigenvalue weighted by atomic mass is 19.1. The number of fused-ring (bicyclic) bond motifs is 1. The number of methoxy groups -OCH3 is 1. The molecule has 2 N–H and O–H groups in total. The Morgan fingerprint density at radius 2 is 2.21 bits per heavy atom. The number of imidazole rings is 1. The third kappa shape index (κ3) is 3.72. The number of carbonyl (C=O) groups is 1. The number of hydrogen-bond acceptors (Lipinski definition) is 6. The van der Waals surface area contributed by atoms with Crippen molar-refractivity contribution in [3.8, 4) is 5.75 Å². The molecule has 1 atom stereocenters. The van der Waals surface area contributed by atoms with Gasteiger partial charge in [0.15, 0.2) is 23.0 Å². The predicted molar refractivity (Wildman–Crippen MR) is 106 cm³/mol. The Morgan fingerprint density at radius 3 is 3.03 bits per heavy atom. The van der Waals surface area contributed by atoms with E-state index in [4.69, 9.17) is 10.5 Å². The van der Waals surface area contributed by atoms with Crippen LogP contribution in [0.1, 0.15) is 24.8 Å². The number of nitrogens with zero attached hydrogens (tertiary/aromatic N) is 5. The van der Waals surface area contributed by atoms with Crippen LogP contribution in [0.25, 0.3) is 11.2 Å². The normalized spacial score (nSPS) is 16.5. The average Bonchev–Trinajstić information content (AvgIpc) is 3.34. The third-order valence-corrected chi connectivity index (χ3v) is 5.40. The minimum atomic E-state index is -0.380. The molecule has 0 spiro atoms. The number of benzene rings is 1. The van der Waals surface area contributed by atoms with Crippen molar-refractivity contribution >= 4 is 22.9 Å². The van der Waals surface area contributed by atoms with E-state index in [-0.39, 0.29) is 23.5 Å². The van der Waals surface area contributed by atoms with E-state index in [1.54, 1.807) is 12.4 Å². The molecule has 0 radical (unpaired) electrons. The Kier molecular flexibility index (Phi) is 5.28. The molecular formula is C20H23FN6O2. The number of aryl methyl sites for hydroxylation is 1. The molecular weight excluding hydrogens is 375 g/mol. The Bertz CT molecular complexity index is 1040. The largest absolute Gasteiger partial charge is 0.493 e. The number of anilines is 1. The first-order valence-corrected chi connectivity index (χ1v) is 9.60. The lowest BCUT2D eigenvalue weighted by Crippen LogP contribution is -2.37. The second-order valence-electron chi connectivity index (χ2n) is 7.14. The number of ether oxygens (including phenoxy) is 1. The summed E-state index contributed by atoms with van der Waals surface area (Å²) in [6.45, 7) is 1.17. The Labute approximate surface area is 167 Å². The highest BCUT2D eigenvalue weighted by molar-refractivity contribution is 5.81. The van der Waals surface area contributed by atoms with Gasteiger partial charge in [0.2, 0.25) is 5.91 Å². The minimum Gasteiger partial charge on any atom is -0.493 e. The number of halogens is 1. The molecule has 1 amide bonds. The van der Waals surface area contributed by atoms with Gasteiger partial charge >= 0.3 is 0 Å². The summed E-state index contributed by atoms with van der Waals surface area (Å²) in [5.41, 5.74) is 7.75. The average molecular weight is 398 g/mol. The van der Waals surface area contributed by atoms with E-state index >= 15 is 0 Å². The summed E-state index contributed by atoms with van der Waals surface area (Å²) >= 11 is 0. The van der Waals surface area contributed by atoms with Crippen molar-refractivity contribution in [2.24, 2.45) is 0 Å². The maximum atomic E-state index is 14.0. The van der Waals surface area contributed by atoms with Crippen LogP contribution >= 0.6 is 0 Å². The van der Waals surface area contributed by atoms with Crippen LogP contribution in [0.4, 0.5) is 10.2 Å². The zero-order valence-electron chi connectivity index (χ0n) is 16.2. The monoisotopic (exact) mass is 398 g/mol. The molecule has 1 saturated heterocycles. The Balaban J connectivity index is 1.44. The molecule has 3 heterocycles. The lowest BCUT2D eigenvalue weighted by Gasteiger charge is -2.25. The molecule has 8 nitrogen and oxygen atoms in total. The van der Waals surface area contributed by atoms with Crippen LogP contribution < -0.4 is 10.5 Å². The van der Waals surface area contributed by atoms with Gasteiger partial charge in [-0.3, -0.25) is 4.79 Å². The second-order valence-corrected chi connectivity index (χ2v) is 7.14. The van der Waals surface area contributed by atoms with Crippen molar-refractivity contribution in [3.05, 3.63) is 42.2 Å². The van der Waals surface area contributed by atoms with Crippen LogP contribution in [-0.2, 0) is 17.8 Å². The van der Waals surface area contributed by atoms with Gasteiger partial charge in [-0.2, -0.15) is 0 Å². The summed E-state index contributed by atoms with van der Waals surface area (Å²) in [4.78, 5) is 27.2. The van der Waals surface area contributed by atoms with E-state index in [9.17, 15) is 9.18 Å². The maximum absolute atomic E-state index is 14.0. The van der Waals surface area contributed by atoms with Crippen LogP contribution in [-0.4, -0.2) is 50.0 Å². The molecule has 152 valence electrons. The summed E-state index contributed by atoms with van der Waals surface area (Å²) < 4.78 is 21.0. The van der Waals surface area contributed by atoms with Crippen molar-refractivity contribution in [2.45, 2.75) is 38.3 Å². The van der Waals surface area contributed by atoms with Gasteiger partial charge in [-0.05, 0) is 30.9 Å². The first-order chi connectivity index (χ1) is 14.1. The molecule has 2 aromatic heterocycles. The molecule has 1 fully saturated rings. The number of likely N-dealkylation sites (tertiary alicyclic amines) is 1. The molecule has 29 heavy (non-hydrogen) atoms. The molecule has 1 aliphatic rings. The number of amides is 1. The zero-order chi connectivity index (χ0) is 20.4. The minimum absolute atomic E-state index is 0.0377. The van der Waals surface area contributed by atoms with E-state index in [0.717, 1.165) is 18.4 Å². The van der Waals surface area contributed by atoms with Crippen molar-refractivity contribution < 1.29 is 13.9 Å². The van der Waals surface area contributed by atoms with Gasteiger partial charge in [0.05, 0.1) is 13.4 Å². The summed E-state index contributed by atoms with van der Waals surface area (Å²) in [7, 11) is 1.46.